The van der Waals surface area contributed by atoms with Crippen LogP contribution in [0.1, 0.15) is 17.2 Å². The Morgan fingerprint density at radius 3 is 2.78 bits per heavy atom. The first kappa shape index (κ1) is 30.4. The molecule has 1 unspecified atom stereocenters. The number of fused-ring (bicyclic) bond motifs is 1. The van der Waals surface area contributed by atoms with Crippen LogP contribution in [0.15, 0.2) is 60.9 Å². The molecule has 1 fully saturated rings. The first-order valence-corrected chi connectivity index (χ1v) is 14.6. The Bertz CT molecular complexity index is 1650. The number of carbonyl (C=O) groups is 1. The van der Waals surface area contributed by atoms with Crippen molar-refractivity contribution < 1.29 is 28.6 Å². The zero-order chi connectivity index (χ0) is 31.5. The number of amides is 2. The molecular weight excluding hydrogens is 583 g/mol. The highest BCUT2D eigenvalue weighted by atomic mass is 19.1. The molecule has 1 aromatic carbocycles. The van der Waals surface area contributed by atoms with E-state index in [1.165, 1.54) is 12.3 Å². The summed E-state index contributed by atoms with van der Waals surface area (Å²) in [6.07, 6.45) is 2.42. The molecule has 0 bridgehead atoms. The molecule has 0 spiro atoms. The third kappa shape index (κ3) is 6.31. The largest absolute Gasteiger partial charge is 0.474 e. The van der Waals surface area contributed by atoms with E-state index in [1.54, 1.807) is 29.1 Å². The van der Waals surface area contributed by atoms with Crippen molar-refractivity contribution in [2.24, 2.45) is 0 Å². The number of rotatable bonds is 9. The van der Waals surface area contributed by atoms with Gasteiger partial charge in [-0.25, -0.2) is 19.4 Å². The SMILES string of the molecule is COCCN1C[C@@H](NC(=O)Nc2c(C)c(-c3cnc4c(c3)N(C)C(CO)CO4)nn2-c2ccccc2)[C@H](c2ccnc(F)c2)O1. The van der Waals surface area contributed by atoms with Gasteiger partial charge in [-0.15, -0.1) is 0 Å². The van der Waals surface area contributed by atoms with Gasteiger partial charge in [0.15, 0.2) is 0 Å². The minimum absolute atomic E-state index is 0.0574. The van der Waals surface area contributed by atoms with Gasteiger partial charge in [0.05, 0.1) is 36.7 Å². The molecule has 2 aliphatic heterocycles. The number of para-hydroxylation sites is 1. The van der Waals surface area contributed by atoms with Crippen molar-refractivity contribution >= 4 is 17.5 Å². The maximum absolute atomic E-state index is 14.0. The van der Waals surface area contributed by atoms with E-state index in [4.69, 9.17) is 19.4 Å². The number of halogens is 1. The molecule has 236 valence electrons. The normalized spacial score (nSPS) is 19.7. The molecule has 5 heterocycles. The maximum Gasteiger partial charge on any atom is 0.320 e. The Morgan fingerprint density at radius 2 is 2.02 bits per heavy atom. The number of aromatic nitrogens is 4. The quantitative estimate of drug-likeness (QED) is 0.240. The van der Waals surface area contributed by atoms with Gasteiger partial charge in [0.2, 0.25) is 11.8 Å². The number of benzene rings is 1. The first-order chi connectivity index (χ1) is 21.9. The number of hydroxylamine groups is 2. The summed E-state index contributed by atoms with van der Waals surface area (Å²) in [7, 11) is 3.48. The van der Waals surface area contributed by atoms with E-state index < -0.39 is 24.1 Å². The highest BCUT2D eigenvalue weighted by molar-refractivity contribution is 5.91. The number of nitrogens with zero attached hydrogens (tertiary/aromatic N) is 6. The van der Waals surface area contributed by atoms with Crippen molar-refractivity contribution in [3.05, 3.63) is 78.0 Å². The van der Waals surface area contributed by atoms with Gasteiger partial charge < -0.3 is 24.8 Å². The fourth-order valence-electron chi connectivity index (χ4n) is 5.52. The second-order valence-electron chi connectivity index (χ2n) is 10.9. The lowest BCUT2D eigenvalue weighted by Crippen LogP contribution is -2.43. The summed E-state index contributed by atoms with van der Waals surface area (Å²) in [5.74, 6) is 0.308. The Balaban J connectivity index is 1.30. The van der Waals surface area contributed by atoms with E-state index in [1.807, 2.05) is 55.3 Å². The third-order valence-corrected chi connectivity index (χ3v) is 7.98. The predicted molar refractivity (Wildman–Crippen MR) is 164 cm³/mol. The molecule has 45 heavy (non-hydrogen) atoms. The number of anilines is 2. The lowest BCUT2D eigenvalue weighted by atomic mass is 10.0. The molecule has 1 saturated heterocycles. The second kappa shape index (κ2) is 13.2. The smallest absolute Gasteiger partial charge is 0.320 e. The molecule has 6 rings (SSSR count). The summed E-state index contributed by atoms with van der Waals surface area (Å²) in [6.45, 7) is 3.41. The van der Waals surface area contributed by atoms with Gasteiger partial charge in [0.1, 0.15) is 24.2 Å². The van der Waals surface area contributed by atoms with Crippen LogP contribution in [0, 0.1) is 12.9 Å². The van der Waals surface area contributed by atoms with Gasteiger partial charge in [-0.1, -0.05) is 18.2 Å². The van der Waals surface area contributed by atoms with Crippen molar-refractivity contribution in [2.75, 3.05) is 57.3 Å². The zero-order valence-electron chi connectivity index (χ0n) is 25.2. The minimum atomic E-state index is -0.635. The van der Waals surface area contributed by atoms with E-state index in [0.717, 1.165) is 16.9 Å². The number of urea groups is 1. The average Bonchev–Trinajstić information content (AvgIpc) is 3.60. The third-order valence-electron chi connectivity index (χ3n) is 7.98. The van der Waals surface area contributed by atoms with E-state index in [2.05, 4.69) is 20.6 Å². The molecule has 13 nitrogen and oxygen atoms in total. The highest BCUT2D eigenvalue weighted by Gasteiger charge is 2.37. The molecule has 3 aromatic heterocycles. The summed E-state index contributed by atoms with van der Waals surface area (Å²) in [5.41, 5.74) is 4.08. The van der Waals surface area contributed by atoms with Crippen LogP contribution in [0.5, 0.6) is 5.88 Å². The Morgan fingerprint density at radius 1 is 1.20 bits per heavy atom. The molecule has 14 heteroatoms. The van der Waals surface area contributed by atoms with Crippen LogP contribution in [0.3, 0.4) is 0 Å². The number of aliphatic hydroxyl groups is 1. The van der Waals surface area contributed by atoms with Crippen LogP contribution in [0.2, 0.25) is 0 Å². The standard InChI is InChI=1S/C31H35FN8O5/c1-19-27(21-13-25-30(34-15-21)44-18-23(17-41)38(25)2)37-40(22-7-5-4-6-8-22)29(19)36-31(42)35-24-16-39(11-12-43-3)45-28(24)20-9-10-33-26(32)14-20/h4-10,13-15,23-24,28,41H,11-12,16-18H2,1-3H3,(H2,35,36,42)/t23?,24-,28+/m1/s1. The lowest BCUT2D eigenvalue weighted by Gasteiger charge is -2.34. The summed E-state index contributed by atoms with van der Waals surface area (Å²) in [6, 6.07) is 13.2. The van der Waals surface area contributed by atoms with Crippen molar-refractivity contribution in [3.8, 4) is 22.8 Å². The van der Waals surface area contributed by atoms with E-state index in [9.17, 15) is 14.3 Å². The Labute approximate surface area is 259 Å². The van der Waals surface area contributed by atoms with Gasteiger partial charge in [0, 0.05) is 50.8 Å². The fraction of sp³-hybridized carbons (Fsp3) is 0.355. The highest BCUT2D eigenvalue weighted by Crippen LogP contribution is 2.37. The van der Waals surface area contributed by atoms with Gasteiger partial charge in [-0.2, -0.15) is 14.6 Å². The summed E-state index contributed by atoms with van der Waals surface area (Å²) in [5, 5.41) is 22.4. The summed E-state index contributed by atoms with van der Waals surface area (Å²) < 4.78 is 26.6. The number of carbonyl (C=O) groups excluding carboxylic acids is 1. The van der Waals surface area contributed by atoms with Gasteiger partial charge >= 0.3 is 6.03 Å². The molecule has 2 amide bonds. The number of aliphatic hydroxyl groups excluding tert-OH is 1. The van der Waals surface area contributed by atoms with E-state index >= 15 is 0 Å². The average molecular weight is 619 g/mol. The number of hydrogen-bond donors (Lipinski definition) is 3. The van der Waals surface area contributed by atoms with Crippen molar-refractivity contribution in [3.63, 3.8) is 0 Å². The van der Waals surface area contributed by atoms with Crippen LogP contribution < -0.4 is 20.3 Å². The van der Waals surface area contributed by atoms with Crippen LogP contribution in [-0.4, -0.2) is 95.1 Å². The molecule has 0 aliphatic carbocycles. The Kier molecular flexibility index (Phi) is 8.89. The van der Waals surface area contributed by atoms with Crippen LogP contribution in [-0.2, 0) is 9.57 Å². The molecule has 3 atom stereocenters. The number of methoxy groups -OCH3 is 1. The maximum atomic E-state index is 14.0. The van der Waals surface area contributed by atoms with Gasteiger partial charge in [0.25, 0.3) is 0 Å². The van der Waals surface area contributed by atoms with Crippen LogP contribution in [0.4, 0.5) is 20.7 Å². The molecule has 2 aliphatic rings. The monoisotopic (exact) mass is 618 g/mol. The fourth-order valence-corrected chi connectivity index (χ4v) is 5.52. The van der Waals surface area contributed by atoms with Gasteiger partial charge in [-0.05, 0) is 42.8 Å². The zero-order valence-corrected chi connectivity index (χ0v) is 25.2. The van der Waals surface area contributed by atoms with Gasteiger partial charge in [-0.3, -0.25) is 10.2 Å². The Hall–Kier alpha value is -4.63. The second-order valence-corrected chi connectivity index (χ2v) is 10.9. The van der Waals surface area contributed by atoms with E-state index in [0.29, 0.717) is 54.8 Å². The number of pyridine rings is 2. The summed E-state index contributed by atoms with van der Waals surface area (Å²) in [4.78, 5) is 29.8. The van der Waals surface area contributed by atoms with Crippen molar-refractivity contribution in [2.45, 2.75) is 25.1 Å². The molecular formula is C31H35FN8O5. The van der Waals surface area contributed by atoms with Crippen LogP contribution in [0.25, 0.3) is 16.9 Å². The first-order valence-electron chi connectivity index (χ1n) is 14.6. The predicted octanol–water partition coefficient (Wildman–Crippen LogP) is 3.09. The van der Waals surface area contributed by atoms with Crippen molar-refractivity contribution in [1.29, 1.82) is 0 Å². The number of ether oxygens (including phenoxy) is 2. The summed E-state index contributed by atoms with van der Waals surface area (Å²) >= 11 is 0. The van der Waals surface area contributed by atoms with Crippen LogP contribution >= 0.6 is 0 Å². The molecule has 3 N–H and O–H groups in total. The topological polar surface area (TPSA) is 139 Å². The molecule has 4 aromatic rings. The lowest BCUT2D eigenvalue weighted by molar-refractivity contribution is -0.154. The number of nitrogens with one attached hydrogen (secondary N) is 2. The van der Waals surface area contributed by atoms with E-state index in [-0.39, 0.29) is 12.6 Å². The molecule has 0 saturated carbocycles. The minimum Gasteiger partial charge on any atom is -0.474 e. The molecule has 0 radical (unpaired) electrons. The van der Waals surface area contributed by atoms with Crippen molar-refractivity contribution in [1.82, 2.24) is 30.1 Å². The number of likely N-dealkylation sites (N-methyl/N-ethyl adjacent to an activating group) is 1. The number of hydrogen-bond acceptors (Lipinski definition) is 10.